The number of nitrogens with one attached hydrogen (secondary N) is 2. The normalized spacial score (nSPS) is 19.6. The van der Waals surface area contributed by atoms with Crippen molar-refractivity contribution in [3.8, 4) is 0 Å². The second-order valence-corrected chi connectivity index (χ2v) is 11.6. The average Bonchev–Trinajstić information content (AvgIpc) is 3.51. The fraction of sp³-hybridized carbons (Fsp3) is 0.438. The van der Waals surface area contributed by atoms with Crippen LogP contribution in [0.1, 0.15) is 5.82 Å². The Morgan fingerprint density at radius 2 is 2.13 bits per heavy atom. The van der Waals surface area contributed by atoms with Crippen LogP contribution in [0.25, 0.3) is 0 Å². The number of carbonyl (C=O) groups is 3. The molecule has 2 aromatic rings. The lowest BCUT2D eigenvalue weighted by Gasteiger charge is -2.49. The number of hydrogen-bond acceptors (Lipinski definition) is 16. The van der Waals surface area contributed by atoms with Gasteiger partial charge in [-0.1, -0.05) is 16.9 Å². The van der Waals surface area contributed by atoms with Gasteiger partial charge in [0.05, 0.1) is 0 Å². The van der Waals surface area contributed by atoms with Crippen molar-refractivity contribution in [1.29, 1.82) is 0 Å². The number of carbonyl (C=O) groups excluding carboxylic acids is 2. The Morgan fingerprint density at radius 1 is 1.37 bits per heavy atom. The highest BCUT2D eigenvalue weighted by molar-refractivity contribution is 8.01. The van der Waals surface area contributed by atoms with E-state index in [1.165, 1.54) is 18.9 Å². The molecule has 2 aliphatic rings. The number of nitrogens with zero attached hydrogens (tertiary/aromatic N) is 8. The maximum Gasteiger partial charge on any atom is 0.352 e. The van der Waals surface area contributed by atoms with Gasteiger partial charge < -0.3 is 20.6 Å². The second kappa shape index (κ2) is 11.2. The van der Waals surface area contributed by atoms with Gasteiger partial charge >= 0.3 is 5.97 Å². The molecule has 0 unspecified atom stereocenters. The van der Waals surface area contributed by atoms with E-state index in [9.17, 15) is 27.9 Å². The van der Waals surface area contributed by atoms with Crippen LogP contribution in [-0.4, -0.2) is 113 Å². The van der Waals surface area contributed by atoms with Gasteiger partial charge in [-0.3, -0.25) is 19.0 Å². The minimum atomic E-state index is -4.41. The first kappa shape index (κ1) is 27.7. The molecule has 1 fully saturated rings. The summed E-state index contributed by atoms with van der Waals surface area (Å²) in [6.07, 6.45) is 0. The lowest BCUT2D eigenvalue weighted by atomic mass is 10.0. The average molecular weight is 607 g/mol. The molecule has 22 heteroatoms. The Balaban J connectivity index is 1.48. The predicted molar refractivity (Wildman–Crippen MR) is 133 cm³/mol. The number of carboxylic acids is 1. The number of amides is 2. The molecule has 204 valence electrons. The Morgan fingerprint density at radius 3 is 2.76 bits per heavy atom. The maximum absolute atomic E-state index is 13.0. The highest BCUT2D eigenvalue weighted by Crippen LogP contribution is 2.41. The van der Waals surface area contributed by atoms with E-state index in [1.807, 2.05) is 0 Å². The lowest BCUT2D eigenvalue weighted by molar-refractivity contribution is -0.150. The van der Waals surface area contributed by atoms with E-state index >= 15 is 0 Å². The molecule has 2 aromatic heterocycles. The molecule has 0 spiro atoms. The highest BCUT2D eigenvalue weighted by atomic mass is 32.2. The fourth-order valence-electron chi connectivity index (χ4n) is 3.39. The number of hydrogen-bond donors (Lipinski definition) is 4. The third-order valence-electron chi connectivity index (χ3n) is 4.95. The Bertz CT molecular complexity index is 1440. The summed E-state index contributed by atoms with van der Waals surface area (Å²) in [7, 11) is -1.55. The van der Waals surface area contributed by atoms with E-state index in [4.69, 9.17) is 9.39 Å². The predicted octanol–water partition coefficient (Wildman–Crippen LogP) is -1.71. The standard InChI is InChI=1S/C16H18N10O8S4/c1-17-15-19-10(22-37-15)7(21-34-2)11(27)18-8-12(28)26-9(14(29)30)6(3-35-13(8)26)4-36-16-20-23-24-25(16)5-38(31,32)33/h8,13H,3-5H2,1-2H3,(H,18,27)(H,29,30)(H,17,19,22)(H,31,32,33)/b21-7-/t8-,13-/m1/s1. The molecule has 2 atom stereocenters. The van der Waals surface area contributed by atoms with Crippen LogP contribution in [0.3, 0.4) is 0 Å². The van der Waals surface area contributed by atoms with Crippen LogP contribution in [0.15, 0.2) is 21.6 Å². The molecule has 0 aliphatic carbocycles. The summed E-state index contributed by atoms with van der Waals surface area (Å²) in [4.78, 5) is 47.8. The number of carboxylic acid groups (broad SMARTS) is 1. The first-order valence-corrected chi connectivity index (χ1v) is 14.6. The number of β-lactam (4-membered cyclic amide) rings is 1. The largest absolute Gasteiger partial charge is 0.477 e. The van der Waals surface area contributed by atoms with Crippen LogP contribution in [0, 0.1) is 0 Å². The number of fused-ring (bicyclic) bond motifs is 1. The molecule has 2 amide bonds. The van der Waals surface area contributed by atoms with Gasteiger partial charge in [0.1, 0.15) is 24.2 Å². The molecular weight excluding hydrogens is 589 g/mol. The van der Waals surface area contributed by atoms with Gasteiger partial charge in [-0.05, 0) is 16.0 Å². The smallest absolute Gasteiger partial charge is 0.352 e. The number of aliphatic carboxylic acids is 1. The van der Waals surface area contributed by atoms with Gasteiger partial charge in [0.2, 0.25) is 21.8 Å². The maximum atomic E-state index is 13.0. The van der Waals surface area contributed by atoms with Gasteiger partial charge in [-0.2, -0.15) is 17.8 Å². The molecule has 4 N–H and O–H groups in total. The molecule has 4 rings (SSSR count). The molecule has 1 saturated heterocycles. The number of aromatic nitrogens is 6. The quantitative estimate of drug-likeness (QED) is 0.0731. The van der Waals surface area contributed by atoms with Crippen LogP contribution in [-0.2, 0) is 35.2 Å². The number of tetrazole rings is 1. The van der Waals surface area contributed by atoms with Crippen molar-refractivity contribution in [2.45, 2.75) is 22.4 Å². The Hall–Kier alpha value is -3.34. The van der Waals surface area contributed by atoms with Gasteiger partial charge in [0.25, 0.3) is 21.9 Å². The molecule has 18 nitrogen and oxygen atoms in total. The van der Waals surface area contributed by atoms with Gasteiger partial charge in [-0.25, -0.2) is 9.48 Å². The minimum Gasteiger partial charge on any atom is -0.477 e. The first-order valence-electron chi connectivity index (χ1n) is 10.2. The zero-order chi connectivity index (χ0) is 27.6. The van der Waals surface area contributed by atoms with E-state index in [0.29, 0.717) is 10.7 Å². The summed E-state index contributed by atoms with van der Waals surface area (Å²) in [6.45, 7) is 0. The lowest BCUT2D eigenvalue weighted by Crippen LogP contribution is -2.71. The van der Waals surface area contributed by atoms with E-state index in [1.54, 1.807) is 7.05 Å². The zero-order valence-electron chi connectivity index (χ0n) is 19.3. The van der Waals surface area contributed by atoms with Crippen LogP contribution in [0.5, 0.6) is 0 Å². The SMILES string of the molecule is CNc1nc(/C(=N/OC)C(=O)N[C@@H]2C(=O)N3C(C(=O)O)=C(CSc4nnnn4CS(=O)(=O)O)CS[C@H]23)ns1. The van der Waals surface area contributed by atoms with Crippen molar-refractivity contribution >= 4 is 73.8 Å². The zero-order valence-corrected chi connectivity index (χ0v) is 22.6. The summed E-state index contributed by atoms with van der Waals surface area (Å²) in [5, 5.41) is 29.1. The van der Waals surface area contributed by atoms with Crippen LogP contribution >= 0.6 is 35.1 Å². The minimum absolute atomic E-state index is 0.0135. The number of thioether (sulfide) groups is 2. The fourth-order valence-corrected chi connectivity index (χ4v) is 6.83. The molecule has 0 bridgehead atoms. The molecule has 2 aliphatic heterocycles. The van der Waals surface area contributed by atoms with E-state index in [2.05, 4.69) is 40.7 Å². The van der Waals surface area contributed by atoms with Crippen molar-refractivity contribution in [3.63, 3.8) is 0 Å². The summed E-state index contributed by atoms with van der Waals surface area (Å²) < 4.78 is 36.2. The van der Waals surface area contributed by atoms with Crippen LogP contribution in [0.2, 0.25) is 0 Å². The van der Waals surface area contributed by atoms with E-state index in [-0.39, 0.29) is 33.9 Å². The Kier molecular flexibility index (Phi) is 8.15. The number of rotatable bonds is 11. The summed E-state index contributed by atoms with van der Waals surface area (Å²) in [5.41, 5.74) is -0.154. The molecule has 0 aromatic carbocycles. The Labute approximate surface area is 226 Å². The first-order chi connectivity index (χ1) is 18.0. The third-order valence-corrected chi connectivity index (χ3v) is 8.63. The highest BCUT2D eigenvalue weighted by Gasteiger charge is 2.54. The van der Waals surface area contributed by atoms with E-state index in [0.717, 1.165) is 32.9 Å². The monoisotopic (exact) mass is 606 g/mol. The number of anilines is 1. The molecule has 0 saturated carbocycles. The topological polar surface area (TPSA) is 244 Å². The van der Waals surface area contributed by atoms with E-state index < -0.39 is 45.2 Å². The van der Waals surface area contributed by atoms with Crippen molar-refractivity contribution in [2.24, 2.45) is 5.16 Å². The number of oxime groups is 1. The van der Waals surface area contributed by atoms with Crippen molar-refractivity contribution in [2.75, 3.05) is 31.0 Å². The molecule has 0 radical (unpaired) electrons. The summed E-state index contributed by atoms with van der Waals surface area (Å²) in [5.74, 6) is -3.47. The molecule has 4 heterocycles. The third kappa shape index (κ3) is 5.72. The summed E-state index contributed by atoms with van der Waals surface area (Å²) >= 11 is 3.15. The molecular formula is C16H18N10O8S4. The van der Waals surface area contributed by atoms with Crippen molar-refractivity contribution < 1.29 is 37.3 Å². The van der Waals surface area contributed by atoms with Crippen molar-refractivity contribution in [3.05, 3.63) is 17.1 Å². The van der Waals surface area contributed by atoms with Crippen LogP contribution < -0.4 is 10.6 Å². The molecule has 38 heavy (non-hydrogen) atoms. The van der Waals surface area contributed by atoms with Crippen LogP contribution in [0.4, 0.5) is 5.13 Å². The van der Waals surface area contributed by atoms with Gasteiger partial charge in [0.15, 0.2) is 5.88 Å². The van der Waals surface area contributed by atoms with Crippen molar-refractivity contribution in [1.82, 2.24) is 39.8 Å². The van der Waals surface area contributed by atoms with Gasteiger partial charge in [-0.15, -0.1) is 16.9 Å². The summed E-state index contributed by atoms with van der Waals surface area (Å²) in [6, 6.07) is -1.04. The van der Waals surface area contributed by atoms with Gasteiger partial charge in [0, 0.05) is 30.1 Å². The second-order valence-electron chi connectivity index (χ2n) is 7.37.